The van der Waals surface area contributed by atoms with Crippen LogP contribution in [0.25, 0.3) is 0 Å². The molecule has 0 spiro atoms. The molecule has 1 aromatic rings. The second-order valence-corrected chi connectivity index (χ2v) is 4.67. The number of likely N-dealkylation sites (N-methyl/N-ethyl adjacent to an activating group) is 1. The fourth-order valence-electron chi connectivity index (χ4n) is 1.80. The molecule has 0 saturated carbocycles. The molecule has 3 N–H and O–H groups in total. The summed E-state index contributed by atoms with van der Waals surface area (Å²) in [5.74, 6) is 0.599. The first-order chi connectivity index (χ1) is 8.01. The quantitative estimate of drug-likeness (QED) is 0.789. The van der Waals surface area contributed by atoms with E-state index >= 15 is 0 Å². The zero-order chi connectivity index (χ0) is 12.9. The lowest BCUT2D eigenvalue weighted by atomic mass is 9.92. The molecule has 1 aromatic heterocycles. The number of rotatable bonds is 6. The van der Waals surface area contributed by atoms with Gasteiger partial charge in [0.1, 0.15) is 5.82 Å². The van der Waals surface area contributed by atoms with E-state index in [9.17, 15) is 0 Å². The maximum Gasteiger partial charge on any atom is 0.126 e. The molecular weight excluding hydrogens is 214 g/mol. The molecule has 0 aliphatic rings. The highest BCUT2D eigenvalue weighted by atomic mass is 16.5. The molecule has 0 aliphatic heterocycles. The van der Waals surface area contributed by atoms with Gasteiger partial charge in [-0.05, 0) is 38.4 Å². The van der Waals surface area contributed by atoms with Crippen molar-refractivity contribution in [1.82, 2.24) is 10.3 Å². The number of hydrogen-bond acceptors (Lipinski definition) is 4. The van der Waals surface area contributed by atoms with Crippen molar-refractivity contribution in [2.75, 3.05) is 19.4 Å². The Morgan fingerprint density at radius 1 is 1.53 bits per heavy atom. The number of aromatic nitrogens is 1. The first-order valence-corrected chi connectivity index (χ1v) is 5.99. The van der Waals surface area contributed by atoms with E-state index in [0.717, 1.165) is 18.5 Å². The Morgan fingerprint density at radius 3 is 2.76 bits per heavy atom. The van der Waals surface area contributed by atoms with Crippen LogP contribution in [-0.2, 0) is 11.2 Å². The minimum atomic E-state index is -0.238. The Balaban J connectivity index is 2.84. The summed E-state index contributed by atoms with van der Waals surface area (Å²) in [5, 5.41) is 3.44. The molecule has 1 rings (SSSR count). The van der Waals surface area contributed by atoms with Crippen LogP contribution in [0.15, 0.2) is 18.3 Å². The van der Waals surface area contributed by atoms with Crippen molar-refractivity contribution >= 4 is 5.82 Å². The Morgan fingerprint density at radius 2 is 2.24 bits per heavy atom. The molecular formula is C13H23N3O. The van der Waals surface area contributed by atoms with E-state index in [2.05, 4.69) is 31.1 Å². The van der Waals surface area contributed by atoms with Gasteiger partial charge < -0.3 is 15.8 Å². The van der Waals surface area contributed by atoms with Crippen molar-refractivity contribution in [3.63, 3.8) is 0 Å². The van der Waals surface area contributed by atoms with Gasteiger partial charge in [-0.15, -0.1) is 0 Å². The second kappa shape index (κ2) is 5.98. The highest BCUT2D eigenvalue weighted by Gasteiger charge is 2.29. The molecule has 1 unspecified atom stereocenters. The minimum absolute atomic E-state index is 0.212. The van der Waals surface area contributed by atoms with Crippen LogP contribution < -0.4 is 11.1 Å². The van der Waals surface area contributed by atoms with Gasteiger partial charge in [0.05, 0.1) is 5.60 Å². The fraction of sp³-hybridized carbons (Fsp3) is 0.615. The van der Waals surface area contributed by atoms with Gasteiger partial charge in [-0.25, -0.2) is 4.98 Å². The molecule has 0 saturated heterocycles. The number of anilines is 1. The summed E-state index contributed by atoms with van der Waals surface area (Å²) >= 11 is 0. The maximum absolute atomic E-state index is 5.87. The smallest absolute Gasteiger partial charge is 0.126 e. The van der Waals surface area contributed by atoms with Crippen molar-refractivity contribution in [2.24, 2.45) is 0 Å². The zero-order valence-electron chi connectivity index (χ0n) is 11.2. The third-order valence-electron chi connectivity index (χ3n) is 3.17. The monoisotopic (exact) mass is 237 g/mol. The lowest BCUT2D eigenvalue weighted by Gasteiger charge is -2.34. The number of pyridine rings is 1. The number of methoxy groups -OCH3 is 1. The normalized spacial score (nSPS) is 13.6. The lowest BCUT2D eigenvalue weighted by molar-refractivity contribution is -0.00957. The third-order valence-corrected chi connectivity index (χ3v) is 3.17. The van der Waals surface area contributed by atoms with E-state index in [-0.39, 0.29) is 11.6 Å². The van der Waals surface area contributed by atoms with Crippen molar-refractivity contribution < 1.29 is 4.74 Å². The number of nitrogens with two attached hydrogens (primary N) is 1. The van der Waals surface area contributed by atoms with E-state index in [1.807, 2.05) is 12.1 Å². The molecule has 0 aromatic carbocycles. The van der Waals surface area contributed by atoms with Crippen molar-refractivity contribution in [3.05, 3.63) is 23.9 Å². The SMILES string of the molecule is CCNC(Cc1cccnc1N)C(C)(C)OC. The molecule has 0 radical (unpaired) electrons. The van der Waals surface area contributed by atoms with E-state index in [1.54, 1.807) is 13.3 Å². The van der Waals surface area contributed by atoms with Crippen LogP contribution in [0.2, 0.25) is 0 Å². The van der Waals surface area contributed by atoms with E-state index in [4.69, 9.17) is 10.5 Å². The Hall–Kier alpha value is -1.13. The molecule has 4 heteroatoms. The molecule has 1 heterocycles. The predicted octanol–water partition coefficient (Wildman–Crippen LogP) is 1.61. The second-order valence-electron chi connectivity index (χ2n) is 4.67. The summed E-state index contributed by atoms with van der Waals surface area (Å²) in [4.78, 5) is 4.11. The number of nitrogen functional groups attached to an aromatic ring is 1. The molecule has 4 nitrogen and oxygen atoms in total. The summed E-state index contributed by atoms with van der Waals surface area (Å²) in [6, 6.07) is 4.14. The van der Waals surface area contributed by atoms with Crippen LogP contribution >= 0.6 is 0 Å². The minimum Gasteiger partial charge on any atom is -0.383 e. The number of nitrogens with zero attached hydrogens (tertiary/aromatic N) is 1. The largest absolute Gasteiger partial charge is 0.383 e. The summed E-state index contributed by atoms with van der Waals surface area (Å²) in [6.07, 6.45) is 2.52. The lowest BCUT2D eigenvalue weighted by Crippen LogP contribution is -2.49. The van der Waals surface area contributed by atoms with Gasteiger partial charge in [-0.2, -0.15) is 0 Å². The van der Waals surface area contributed by atoms with Crippen LogP contribution in [-0.4, -0.2) is 30.3 Å². The van der Waals surface area contributed by atoms with Gasteiger partial charge in [0.2, 0.25) is 0 Å². The predicted molar refractivity (Wildman–Crippen MR) is 70.9 cm³/mol. The standard InChI is InChI=1S/C13H23N3O/c1-5-15-11(13(2,3)17-4)9-10-7-6-8-16-12(10)14/h6-8,11,15H,5,9H2,1-4H3,(H2,14,16). The fourth-order valence-corrected chi connectivity index (χ4v) is 1.80. The van der Waals surface area contributed by atoms with E-state index < -0.39 is 0 Å². The first-order valence-electron chi connectivity index (χ1n) is 5.99. The van der Waals surface area contributed by atoms with Crippen molar-refractivity contribution in [2.45, 2.75) is 38.8 Å². The number of hydrogen-bond donors (Lipinski definition) is 2. The Labute approximate surface area is 104 Å². The average molecular weight is 237 g/mol. The van der Waals surface area contributed by atoms with Crippen LogP contribution in [0.4, 0.5) is 5.82 Å². The zero-order valence-corrected chi connectivity index (χ0v) is 11.2. The van der Waals surface area contributed by atoms with E-state index in [0.29, 0.717) is 5.82 Å². The summed E-state index contributed by atoms with van der Waals surface area (Å²) in [5.41, 5.74) is 6.69. The Bertz CT molecular complexity index is 352. The number of ether oxygens (including phenoxy) is 1. The maximum atomic E-state index is 5.87. The Kier molecular flexibility index (Phi) is 4.90. The highest BCUT2D eigenvalue weighted by Crippen LogP contribution is 2.20. The van der Waals surface area contributed by atoms with Crippen LogP contribution in [0.3, 0.4) is 0 Å². The molecule has 96 valence electrons. The van der Waals surface area contributed by atoms with Gasteiger partial charge >= 0.3 is 0 Å². The summed E-state index contributed by atoms with van der Waals surface area (Å²) in [6.45, 7) is 7.14. The van der Waals surface area contributed by atoms with Gasteiger partial charge in [-0.1, -0.05) is 13.0 Å². The highest BCUT2D eigenvalue weighted by molar-refractivity contribution is 5.39. The first kappa shape index (κ1) is 13.9. The van der Waals surface area contributed by atoms with Gasteiger partial charge in [0.25, 0.3) is 0 Å². The third kappa shape index (κ3) is 3.68. The molecule has 0 fully saturated rings. The molecule has 17 heavy (non-hydrogen) atoms. The van der Waals surface area contributed by atoms with Crippen LogP contribution in [0.5, 0.6) is 0 Å². The molecule has 1 atom stereocenters. The van der Waals surface area contributed by atoms with E-state index in [1.165, 1.54) is 0 Å². The average Bonchev–Trinajstić information content (AvgIpc) is 2.31. The molecule has 0 bridgehead atoms. The van der Waals surface area contributed by atoms with Gasteiger partial charge in [-0.3, -0.25) is 0 Å². The molecule has 0 aliphatic carbocycles. The van der Waals surface area contributed by atoms with Gasteiger partial charge in [0, 0.05) is 19.3 Å². The topological polar surface area (TPSA) is 60.2 Å². The summed E-state index contributed by atoms with van der Waals surface area (Å²) < 4.78 is 5.54. The number of nitrogens with one attached hydrogen (secondary N) is 1. The van der Waals surface area contributed by atoms with Gasteiger partial charge in [0.15, 0.2) is 0 Å². The van der Waals surface area contributed by atoms with Crippen LogP contribution in [0.1, 0.15) is 26.3 Å². The van der Waals surface area contributed by atoms with Crippen LogP contribution in [0, 0.1) is 0 Å². The van der Waals surface area contributed by atoms with Crippen molar-refractivity contribution in [1.29, 1.82) is 0 Å². The summed E-state index contributed by atoms with van der Waals surface area (Å²) in [7, 11) is 1.73. The van der Waals surface area contributed by atoms with Crippen molar-refractivity contribution in [3.8, 4) is 0 Å². The molecule has 0 amide bonds.